The molecule has 0 spiro atoms. The highest BCUT2D eigenvalue weighted by molar-refractivity contribution is 7.80. The quantitative estimate of drug-likeness (QED) is 0.765. The Morgan fingerprint density at radius 3 is 2.07 bits per heavy atom. The molecule has 0 bridgehead atoms. The van der Waals surface area contributed by atoms with Crippen LogP contribution >= 0.6 is 0 Å². The van der Waals surface area contributed by atoms with Gasteiger partial charge < -0.3 is 9.80 Å². The summed E-state index contributed by atoms with van der Waals surface area (Å²) in [5.41, 5.74) is 0.507. The van der Waals surface area contributed by atoms with Gasteiger partial charge in [-0.05, 0) is 30.3 Å². The summed E-state index contributed by atoms with van der Waals surface area (Å²) in [4.78, 5) is 32.0. The molecule has 2 heterocycles. The smallest absolute Gasteiger partial charge is 0.259 e. The van der Waals surface area contributed by atoms with Gasteiger partial charge in [0.1, 0.15) is 5.82 Å². The van der Waals surface area contributed by atoms with Crippen molar-refractivity contribution in [1.29, 1.82) is 0 Å². The van der Waals surface area contributed by atoms with Gasteiger partial charge >= 0.3 is 0 Å². The fraction of sp³-hybridized carbons (Fsp3) is 0.235. The highest BCUT2D eigenvalue weighted by atomic mass is 32.2. The number of rotatable bonds is 4. The summed E-state index contributed by atoms with van der Waals surface area (Å²) in [5, 5.41) is 0. The molecular weight excluding hydrogens is 375 g/mol. The van der Waals surface area contributed by atoms with Gasteiger partial charge in [-0.15, -0.1) is 0 Å². The topological polar surface area (TPSA) is 103 Å². The zero-order valence-corrected chi connectivity index (χ0v) is 15.0. The first-order chi connectivity index (χ1) is 13.0. The number of anilines is 1. The molecule has 10 heteroatoms. The van der Waals surface area contributed by atoms with Crippen LogP contribution in [0.25, 0.3) is 0 Å². The minimum absolute atomic E-state index is 0.122. The summed E-state index contributed by atoms with van der Waals surface area (Å²) >= 11 is -2.40. The van der Waals surface area contributed by atoms with Crippen LogP contribution in [-0.2, 0) is 11.3 Å². The van der Waals surface area contributed by atoms with Gasteiger partial charge in [-0.25, -0.2) is 8.60 Å². The molecule has 1 aliphatic heterocycles. The van der Waals surface area contributed by atoms with Crippen molar-refractivity contribution in [1.82, 2.24) is 14.8 Å². The number of nitrogens with zero attached hydrogens (tertiary/aromatic N) is 3. The van der Waals surface area contributed by atoms with E-state index in [9.17, 15) is 18.2 Å². The summed E-state index contributed by atoms with van der Waals surface area (Å²) in [5.74, 6) is -1.28. The number of carbonyl (C=O) groups excluding carboxylic acids is 2. The predicted octanol–water partition coefficient (Wildman–Crippen LogP) is 1.37. The second-order valence-electron chi connectivity index (χ2n) is 5.87. The van der Waals surface area contributed by atoms with Gasteiger partial charge in [-0.1, -0.05) is 0 Å². The Kier molecular flexibility index (Phi) is 5.77. The highest BCUT2D eigenvalue weighted by Gasteiger charge is 2.26. The zero-order valence-electron chi connectivity index (χ0n) is 14.2. The molecule has 1 unspecified atom stereocenters. The molecule has 8 nitrogen and oxygen atoms in total. The second kappa shape index (κ2) is 8.23. The maximum Gasteiger partial charge on any atom is 0.259 e. The van der Waals surface area contributed by atoms with Gasteiger partial charge in [0.15, 0.2) is 0 Å². The van der Waals surface area contributed by atoms with E-state index in [1.807, 2.05) is 4.72 Å². The molecule has 1 saturated heterocycles. The van der Waals surface area contributed by atoms with Crippen molar-refractivity contribution >= 4 is 28.8 Å². The average molecular weight is 392 g/mol. The number of piperazine rings is 1. The number of carbonyl (C=O) groups is 2. The molecule has 1 atom stereocenters. The van der Waals surface area contributed by atoms with Crippen LogP contribution < -0.4 is 4.72 Å². The molecule has 1 fully saturated rings. The molecule has 2 aromatic rings. The SMILES string of the molecule is O=C(c1ccncc1)N1CCN(C(=O)c2ccc(NS(=O)O)c(F)c2)CC1. The largest absolute Gasteiger partial charge is 0.335 e. The van der Waals surface area contributed by atoms with Gasteiger partial charge in [0, 0.05) is 49.7 Å². The molecule has 0 saturated carbocycles. The Morgan fingerprint density at radius 1 is 1.00 bits per heavy atom. The molecule has 2 N–H and O–H groups in total. The Balaban J connectivity index is 1.62. The fourth-order valence-electron chi connectivity index (χ4n) is 2.80. The molecule has 0 radical (unpaired) electrons. The van der Waals surface area contributed by atoms with E-state index in [2.05, 4.69) is 4.98 Å². The molecule has 27 heavy (non-hydrogen) atoms. The van der Waals surface area contributed by atoms with Gasteiger partial charge in [-0.2, -0.15) is 0 Å². The van der Waals surface area contributed by atoms with Gasteiger partial charge in [-0.3, -0.25) is 23.8 Å². The van der Waals surface area contributed by atoms with Gasteiger partial charge in [0.05, 0.1) is 5.69 Å². The third-order valence-corrected chi connectivity index (χ3v) is 4.59. The van der Waals surface area contributed by atoms with Crippen LogP contribution in [0.4, 0.5) is 10.1 Å². The first-order valence-corrected chi connectivity index (χ1v) is 9.22. The van der Waals surface area contributed by atoms with Crippen molar-refractivity contribution < 1.29 is 22.7 Å². The molecule has 1 aromatic carbocycles. The Morgan fingerprint density at radius 2 is 1.56 bits per heavy atom. The normalized spacial score (nSPS) is 15.3. The van der Waals surface area contributed by atoms with Crippen molar-refractivity contribution in [2.45, 2.75) is 0 Å². The minimum atomic E-state index is -2.40. The van der Waals surface area contributed by atoms with Crippen LogP contribution in [-0.4, -0.2) is 61.5 Å². The van der Waals surface area contributed by atoms with Gasteiger partial charge in [0.2, 0.25) is 0 Å². The lowest BCUT2D eigenvalue weighted by Gasteiger charge is -2.34. The van der Waals surface area contributed by atoms with Crippen LogP contribution in [0.5, 0.6) is 0 Å². The lowest BCUT2D eigenvalue weighted by molar-refractivity contribution is 0.0535. The third-order valence-electron chi connectivity index (χ3n) is 4.19. The molecule has 1 aliphatic rings. The van der Waals surface area contributed by atoms with Crippen LogP contribution in [0.1, 0.15) is 20.7 Å². The summed E-state index contributed by atoms with van der Waals surface area (Å²) in [6.45, 7) is 1.41. The number of pyridine rings is 1. The summed E-state index contributed by atoms with van der Waals surface area (Å²) in [7, 11) is 0. The first kappa shape index (κ1) is 18.9. The highest BCUT2D eigenvalue weighted by Crippen LogP contribution is 2.18. The van der Waals surface area contributed by atoms with Crippen molar-refractivity contribution in [3.8, 4) is 0 Å². The summed E-state index contributed by atoms with van der Waals surface area (Å²) in [6.07, 6.45) is 3.10. The van der Waals surface area contributed by atoms with Crippen molar-refractivity contribution in [2.75, 3.05) is 30.9 Å². The summed E-state index contributed by atoms with van der Waals surface area (Å²) in [6, 6.07) is 6.91. The Labute approximate surface area is 157 Å². The van der Waals surface area contributed by atoms with Gasteiger partial charge in [0.25, 0.3) is 23.1 Å². The summed E-state index contributed by atoms with van der Waals surface area (Å²) < 4.78 is 35.4. The standard InChI is InChI=1S/C17H17FN4O4S/c18-14-11-13(1-2-15(14)20-27(25)26)17(24)22-9-7-21(8-10-22)16(23)12-3-5-19-6-4-12/h1-6,11,20H,7-10H2,(H,25,26). The minimum Gasteiger partial charge on any atom is -0.335 e. The monoisotopic (exact) mass is 392 g/mol. The van der Waals surface area contributed by atoms with Crippen LogP contribution in [0, 0.1) is 5.82 Å². The number of benzene rings is 1. The van der Waals surface area contributed by atoms with Crippen LogP contribution in [0.15, 0.2) is 42.7 Å². The van der Waals surface area contributed by atoms with Crippen molar-refractivity contribution in [2.24, 2.45) is 0 Å². The average Bonchev–Trinajstić information content (AvgIpc) is 2.69. The predicted molar refractivity (Wildman–Crippen MR) is 96.8 cm³/mol. The lowest BCUT2D eigenvalue weighted by Crippen LogP contribution is -2.50. The number of aromatic nitrogens is 1. The van der Waals surface area contributed by atoms with E-state index in [1.54, 1.807) is 34.3 Å². The maximum atomic E-state index is 14.0. The molecule has 2 amide bonds. The molecule has 1 aromatic heterocycles. The second-order valence-corrected chi connectivity index (χ2v) is 6.57. The van der Waals surface area contributed by atoms with E-state index in [1.165, 1.54) is 12.1 Å². The molecule has 0 aliphatic carbocycles. The Bertz CT molecular complexity index is 872. The van der Waals surface area contributed by atoms with Crippen LogP contribution in [0.2, 0.25) is 0 Å². The Hall–Kier alpha value is -2.85. The third kappa shape index (κ3) is 4.47. The van der Waals surface area contributed by atoms with E-state index in [-0.39, 0.29) is 23.1 Å². The van der Waals surface area contributed by atoms with E-state index in [0.717, 1.165) is 6.07 Å². The number of amides is 2. The first-order valence-electron chi connectivity index (χ1n) is 8.11. The number of nitrogens with one attached hydrogen (secondary N) is 1. The van der Waals surface area contributed by atoms with E-state index >= 15 is 0 Å². The van der Waals surface area contributed by atoms with E-state index in [4.69, 9.17) is 4.55 Å². The van der Waals surface area contributed by atoms with E-state index < -0.39 is 17.1 Å². The van der Waals surface area contributed by atoms with Crippen molar-refractivity contribution in [3.05, 3.63) is 59.7 Å². The molecular formula is C17H17FN4O4S. The zero-order chi connectivity index (χ0) is 19.4. The fourth-order valence-corrected chi connectivity index (χ4v) is 3.15. The van der Waals surface area contributed by atoms with E-state index in [0.29, 0.717) is 31.7 Å². The lowest BCUT2D eigenvalue weighted by atomic mass is 10.1. The number of hydrogen-bond donors (Lipinski definition) is 2. The van der Waals surface area contributed by atoms with Crippen LogP contribution in [0.3, 0.4) is 0 Å². The van der Waals surface area contributed by atoms with Crippen molar-refractivity contribution in [3.63, 3.8) is 0 Å². The number of hydrogen-bond acceptors (Lipinski definition) is 4. The molecule has 3 rings (SSSR count). The maximum absolute atomic E-state index is 14.0. The number of halogens is 1. The molecule has 142 valence electrons.